The number of carbonyl (C=O) groups is 1. The minimum atomic E-state index is -0.0259. The number of nitrogens with zero attached hydrogens (tertiary/aromatic N) is 2. The number of piperazine rings is 1. The van der Waals surface area contributed by atoms with Gasteiger partial charge in [0.25, 0.3) is 0 Å². The third kappa shape index (κ3) is 5.04. The van der Waals surface area contributed by atoms with Crippen molar-refractivity contribution in [3.05, 3.63) is 64.4 Å². The summed E-state index contributed by atoms with van der Waals surface area (Å²) < 4.78 is 0. The molecule has 4 nitrogen and oxygen atoms in total. The van der Waals surface area contributed by atoms with Crippen molar-refractivity contribution in [2.75, 3.05) is 39.8 Å². The predicted molar refractivity (Wildman–Crippen MR) is 109 cm³/mol. The summed E-state index contributed by atoms with van der Waals surface area (Å²) in [6.07, 6.45) is 1.70. The van der Waals surface area contributed by atoms with E-state index in [2.05, 4.69) is 39.7 Å². The maximum Gasteiger partial charge on any atom is 0.244 e. The van der Waals surface area contributed by atoms with Gasteiger partial charge < -0.3 is 10.2 Å². The Morgan fingerprint density at radius 3 is 2.54 bits per heavy atom. The van der Waals surface area contributed by atoms with E-state index < -0.39 is 0 Å². The van der Waals surface area contributed by atoms with Crippen molar-refractivity contribution in [3.63, 3.8) is 0 Å². The van der Waals surface area contributed by atoms with Crippen LogP contribution in [-0.2, 0) is 4.79 Å². The third-order valence-electron chi connectivity index (χ3n) is 4.90. The molecule has 1 fully saturated rings. The Morgan fingerprint density at radius 1 is 1.15 bits per heavy atom. The van der Waals surface area contributed by atoms with E-state index >= 15 is 0 Å². The molecule has 1 aliphatic heterocycles. The van der Waals surface area contributed by atoms with Crippen LogP contribution in [0, 0.1) is 0 Å². The monoisotopic (exact) mass is 369 g/mol. The second kappa shape index (κ2) is 9.12. The summed E-state index contributed by atoms with van der Waals surface area (Å²) in [5, 5.41) is 5.23. The minimum Gasteiger partial charge on any atom is -0.351 e. The molecule has 1 N–H and O–H groups in total. The number of hydrogen-bond donors (Lipinski definition) is 1. The molecule has 0 spiro atoms. The van der Waals surface area contributed by atoms with Crippen LogP contribution in [0.2, 0.25) is 0 Å². The number of likely N-dealkylation sites (N-methyl/N-ethyl adjacent to an activating group) is 1. The smallest absolute Gasteiger partial charge is 0.244 e. The lowest BCUT2D eigenvalue weighted by Gasteiger charge is -2.37. The minimum absolute atomic E-state index is 0.0259. The number of amides is 1. The van der Waals surface area contributed by atoms with Crippen LogP contribution in [0.5, 0.6) is 0 Å². The maximum atomic E-state index is 12.4. The molecule has 26 heavy (non-hydrogen) atoms. The van der Waals surface area contributed by atoms with Gasteiger partial charge in [0.05, 0.1) is 6.04 Å². The summed E-state index contributed by atoms with van der Waals surface area (Å²) in [5.74, 6) is -0.0259. The van der Waals surface area contributed by atoms with Gasteiger partial charge in [-0.1, -0.05) is 36.4 Å². The Balaban J connectivity index is 1.63. The van der Waals surface area contributed by atoms with Crippen LogP contribution in [0.4, 0.5) is 0 Å². The Kier molecular flexibility index (Phi) is 6.61. The second-order valence-corrected chi connectivity index (χ2v) is 7.79. The van der Waals surface area contributed by atoms with E-state index in [1.807, 2.05) is 37.3 Å². The quantitative estimate of drug-likeness (QED) is 0.794. The average Bonchev–Trinajstić information content (AvgIpc) is 3.18. The lowest BCUT2D eigenvalue weighted by atomic mass is 10.1. The summed E-state index contributed by atoms with van der Waals surface area (Å²) in [5.41, 5.74) is 2.06. The largest absolute Gasteiger partial charge is 0.351 e. The first-order valence-corrected chi connectivity index (χ1v) is 9.99. The standard InChI is InChI=1S/C21H27N3OS/c1-17(18-7-4-3-5-8-18)15-21(25)22-16-19(20-9-6-14-26-20)24-12-10-23(2)11-13-24/h3-9,14-15,19H,10-13,16H2,1-2H3,(H,22,25)/b17-15+. The summed E-state index contributed by atoms with van der Waals surface area (Å²) in [6.45, 7) is 6.83. The Labute approximate surface area is 160 Å². The Morgan fingerprint density at radius 2 is 1.88 bits per heavy atom. The lowest BCUT2D eigenvalue weighted by molar-refractivity contribution is -0.116. The number of hydrogen-bond acceptors (Lipinski definition) is 4. The van der Waals surface area contributed by atoms with Crippen LogP contribution in [0.25, 0.3) is 5.57 Å². The Hall–Kier alpha value is -1.95. The van der Waals surface area contributed by atoms with Crippen LogP contribution in [-0.4, -0.2) is 55.5 Å². The van der Waals surface area contributed by atoms with Crippen molar-refractivity contribution in [1.82, 2.24) is 15.1 Å². The molecule has 0 aliphatic carbocycles. The van der Waals surface area contributed by atoms with E-state index in [9.17, 15) is 4.79 Å². The third-order valence-corrected chi connectivity index (χ3v) is 5.87. The number of carbonyl (C=O) groups excluding carboxylic acids is 1. The fourth-order valence-corrected chi connectivity index (χ4v) is 4.11. The van der Waals surface area contributed by atoms with Crippen molar-refractivity contribution in [1.29, 1.82) is 0 Å². The molecule has 1 aromatic heterocycles. The number of rotatable bonds is 6. The number of thiophene rings is 1. The molecule has 1 unspecified atom stereocenters. The zero-order valence-corrected chi connectivity index (χ0v) is 16.3. The number of nitrogens with one attached hydrogen (secondary N) is 1. The van der Waals surface area contributed by atoms with Gasteiger partial charge in [-0.25, -0.2) is 0 Å². The van der Waals surface area contributed by atoms with Crippen molar-refractivity contribution in [2.45, 2.75) is 13.0 Å². The van der Waals surface area contributed by atoms with Crippen molar-refractivity contribution in [2.24, 2.45) is 0 Å². The topological polar surface area (TPSA) is 35.6 Å². The van der Waals surface area contributed by atoms with Crippen molar-refractivity contribution >= 4 is 22.8 Å². The summed E-state index contributed by atoms with van der Waals surface area (Å²) in [7, 11) is 2.16. The summed E-state index contributed by atoms with van der Waals surface area (Å²) in [4.78, 5) is 18.6. The molecule has 5 heteroatoms. The average molecular weight is 370 g/mol. The highest BCUT2D eigenvalue weighted by molar-refractivity contribution is 7.10. The summed E-state index contributed by atoms with van der Waals surface area (Å²) in [6, 6.07) is 14.5. The zero-order valence-electron chi connectivity index (χ0n) is 15.5. The normalized spacial score (nSPS) is 17.8. The van der Waals surface area contributed by atoms with Crippen LogP contribution in [0.15, 0.2) is 53.9 Å². The van der Waals surface area contributed by atoms with Gasteiger partial charge in [-0.3, -0.25) is 9.69 Å². The molecule has 1 saturated heterocycles. The van der Waals surface area contributed by atoms with E-state index in [1.165, 1.54) is 4.88 Å². The van der Waals surface area contributed by atoms with Gasteiger partial charge in [0.2, 0.25) is 5.91 Å². The van der Waals surface area contributed by atoms with Gasteiger partial charge in [-0.05, 0) is 36.6 Å². The molecule has 0 bridgehead atoms. The molecule has 138 valence electrons. The fourth-order valence-electron chi connectivity index (χ4n) is 3.25. The number of allylic oxidation sites excluding steroid dienone is 1. The van der Waals surface area contributed by atoms with Crippen molar-refractivity contribution in [3.8, 4) is 0 Å². The van der Waals surface area contributed by atoms with Gasteiger partial charge in [-0.2, -0.15) is 0 Å². The highest BCUT2D eigenvalue weighted by Gasteiger charge is 2.24. The highest BCUT2D eigenvalue weighted by atomic mass is 32.1. The van der Waals surface area contributed by atoms with Gasteiger partial charge in [0.1, 0.15) is 0 Å². The molecular weight excluding hydrogens is 342 g/mol. The van der Waals surface area contributed by atoms with Crippen LogP contribution in [0.1, 0.15) is 23.4 Å². The van der Waals surface area contributed by atoms with E-state index in [-0.39, 0.29) is 11.9 Å². The maximum absolute atomic E-state index is 12.4. The van der Waals surface area contributed by atoms with Crippen LogP contribution >= 0.6 is 11.3 Å². The molecule has 1 atom stereocenters. The van der Waals surface area contributed by atoms with Crippen LogP contribution in [0.3, 0.4) is 0 Å². The molecule has 0 saturated carbocycles. The van der Waals surface area contributed by atoms with Gasteiger partial charge in [0.15, 0.2) is 0 Å². The molecule has 2 heterocycles. The molecular formula is C21H27N3OS. The van der Waals surface area contributed by atoms with Gasteiger partial charge in [-0.15, -0.1) is 11.3 Å². The molecule has 1 aromatic carbocycles. The van der Waals surface area contributed by atoms with E-state index in [1.54, 1.807) is 17.4 Å². The van der Waals surface area contributed by atoms with E-state index in [0.29, 0.717) is 6.54 Å². The summed E-state index contributed by atoms with van der Waals surface area (Å²) >= 11 is 1.77. The van der Waals surface area contributed by atoms with E-state index in [0.717, 1.165) is 37.3 Å². The molecule has 1 aliphatic rings. The van der Waals surface area contributed by atoms with Crippen LogP contribution < -0.4 is 5.32 Å². The second-order valence-electron chi connectivity index (χ2n) is 6.81. The predicted octanol–water partition coefficient (Wildman–Crippen LogP) is 3.26. The first-order chi connectivity index (χ1) is 12.6. The Bertz CT molecular complexity index is 719. The zero-order chi connectivity index (χ0) is 18.4. The molecule has 1 amide bonds. The SMILES string of the molecule is C/C(=C\C(=O)NCC(c1cccs1)N1CCN(C)CC1)c1ccccc1. The van der Waals surface area contributed by atoms with Gasteiger partial charge >= 0.3 is 0 Å². The fraction of sp³-hybridized carbons (Fsp3) is 0.381. The van der Waals surface area contributed by atoms with E-state index in [4.69, 9.17) is 0 Å². The lowest BCUT2D eigenvalue weighted by Crippen LogP contribution is -2.48. The van der Waals surface area contributed by atoms with Gasteiger partial charge in [0, 0.05) is 43.7 Å². The molecule has 3 rings (SSSR count). The van der Waals surface area contributed by atoms with Crippen molar-refractivity contribution < 1.29 is 4.79 Å². The first-order valence-electron chi connectivity index (χ1n) is 9.11. The highest BCUT2D eigenvalue weighted by Crippen LogP contribution is 2.25. The first kappa shape index (κ1) is 18.8. The molecule has 0 radical (unpaired) electrons. The molecule has 2 aromatic rings. The number of benzene rings is 1.